The van der Waals surface area contributed by atoms with E-state index in [1.165, 1.54) is 15.9 Å². The number of carbonyl (C=O) groups excluding carboxylic acids is 1. The van der Waals surface area contributed by atoms with Crippen LogP contribution in [0, 0.1) is 6.92 Å². The van der Waals surface area contributed by atoms with Gasteiger partial charge in [0.2, 0.25) is 5.91 Å². The Labute approximate surface area is 186 Å². The molecule has 0 aliphatic heterocycles. The number of nitrogens with one attached hydrogen (secondary N) is 1. The largest absolute Gasteiger partial charge is 0.300 e. The van der Waals surface area contributed by atoms with Crippen molar-refractivity contribution >= 4 is 56.5 Å². The van der Waals surface area contributed by atoms with Crippen LogP contribution in [0.4, 0.5) is 5.13 Å². The van der Waals surface area contributed by atoms with Crippen molar-refractivity contribution in [3.8, 4) is 0 Å². The van der Waals surface area contributed by atoms with Crippen molar-refractivity contribution in [1.29, 1.82) is 0 Å². The Hall–Kier alpha value is -2.74. The van der Waals surface area contributed by atoms with Gasteiger partial charge in [0.1, 0.15) is 12.4 Å². The summed E-state index contributed by atoms with van der Waals surface area (Å²) in [6.45, 7) is 1.56. The van der Waals surface area contributed by atoms with Gasteiger partial charge in [-0.25, -0.2) is 9.97 Å². The molecule has 152 valence electrons. The number of nitrogens with zero attached hydrogens (tertiary/aromatic N) is 3. The minimum Gasteiger partial charge on any atom is -0.300 e. The molecule has 0 saturated heterocycles. The average molecular weight is 459 g/mol. The summed E-state index contributed by atoms with van der Waals surface area (Å²) in [6.07, 6.45) is 2.24. The SMILES string of the molecule is Cc1nc2ccccc2c(=O)n1CC(=O)Nc1ncc(Cc2cc(Cl)ccc2Cl)s1. The lowest BCUT2D eigenvalue weighted by atomic mass is 10.1. The first-order chi connectivity index (χ1) is 14.4. The molecule has 6 nitrogen and oxygen atoms in total. The zero-order chi connectivity index (χ0) is 21.3. The summed E-state index contributed by atoms with van der Waals surface area (Å²) in [4.78, 5) is 34.8. The van der Waals surface area contributed by atoms with E-state index in [-0.39, 0.29) is 18.0 Å². The summed E-state index contributed by atoms with van der Waals surface area (Å²) in [7, 11) is 0. The van der Waals surface area contributed by atoms with Crippen LogP contribution in [0.25, 0.3) is 10.9 Å². The smallest absolute Gasteiger partial charge is 0.261 e. The van der Waals surface area contributed by atoms with Gasteiger partial charge in [-0.05, 0) is 42.8 Å². The Morgan fingerprint density at radius 1 is 1.20 bits per heavy atom. The number of halogens is 2. The van der Waals surface area contributed by atoms with Gasteiger partial charge in [0, 0.05) is 27.5 Å². The van der Waals surface area contributed by atoms with Gasteiger partial charge >= 0.3 is 0 Å². The van der Waals surface area contributed by atoms with Gasteiger partial charge in [0.15, 0.2) is 5.13 Å². The van der Waals surface area contributed by atoms with Crippen molar-refractivity contribution in [3.05, 3.63) is 85.3 Å². The van der Waals surface area contributed by atoms with Crippen LogP contribution in [-0.4, -0.2) is 20.4 Å². The van der Waals surface area contributed by atoms with Gasteiger partial charge in [-0.1, -0.05) is 35.3 Å². The number of amides is 1. The number of rotatable bonds is 5. The molecule has 0 aliphatic rings. The van der Waals surface area contributed by atoms with Crippen molar-refractivity contribution in [2.24, 2.45) is 0 Å². The molecule has 2 aromatic carbocycles. The lowest BCUT2D eigenvalue weighted by Gasteiger charge is -2.10. The van der Waals surface area contributed by atoms with Crippen LogP contribution >= 0.6 is 34.5 Å². The van der Waals surface area contributed by atoms with Crippen molar-refractivity contribution in [3.63, 3.8) is 0 Å². The first-order valence-electron chi connectivity index (χ1n) is 9.05. The van der Waals surface area contributed by atoms with E-state index in [1.807, 2.05) is 12.1 Å². The fourth-order valence-electron chi connectivity index (χ4n) is 3.08. The number of aromatic nitrogens is 3. The number of hydrogen-bond donors (Lipinski definition) is 1. The molecular formula is C21H16Cl2N4O2S. The number of fused-ring (bicyclic) bond motifs is 1. The highest BCUT2D eigenvalue weighted by Crippen LogP contribution is 2.27. The summed E-state index contributed by atoms with van der Waals surface area (Å²) in [5.41, 5.74) is 1.25. The predicted octanol–water partition coefficient (Wildman–Crippen LogP) is 4.70. The summed E-state index contributed by atoms with van der Waals surface area (Å²) < 4.78 is 1.36. The number of anilines is 1. The molecule has 30 heavy (non-hydrogen) atoms. The summed E-state index contributed by atoms with van der Waals surface area (Å²) in [5.74, 6) is 0.128. The van der Waals surface area contributed by atoms with Gasteiger partial charge in [-0.15, -0.1) is 11.3 Å². The Morgan fingerprint density at radius 2 is 2.00 bits per heavy atom. The van der Waals surface area contributed by atoms with Crippen molar-refractivity contribution in [2.45, 2.75) is 19.9 Å². The second-order valence-corrected chi connectivity index (χ2v) is 8.62. The monoisotopic (exact) mass is 458 g/mol. The first-order valence-corrected chi connectivity index (χ1v) is 10.6. The van der Waals surface area contributed by atoms with Crippen LogP contribution in [0.15, 0.2) is 53.5 Å². The van der Waals surface area contributed by atoms with E-state index in [0.29, 0.717) is 38.3 Å². The van der Waals surface area contributed by atoms with Crippen LogP contribution in [0.1, 0.15) is 16.3 Å². The molecule has 4 aromatic rings. The van der Waals surface area contributed by atoms with E-state index in [9.17, 15) is 9.59 Å². The summed E-state index contributed by atoms with van der Waals surface area (Å²) in [5, 5.41) is 4.91. The molecule has 9 heteroatoms. The number of benzene rings is 2. The molecule has 0 aliphatic carbocycles. The summed E-state index contributed by atoms with van der Waals surface area (Å²) in [6, 6.07) is 12.4. The molecule has 0 fully saturated rings. The molecule has 0 spiro atoms. The van der Waals surface area contributed by atoms with Gasteiger partial charge in [0.25, 0.3) is 5.56 Å². The highest BCUT2D eigenvalue weighted by atomic mass is 35.5. The third-order valence-corrected chi connectivity index (χ3v) is 6.04. The minimum absolute atomic E-state index is 0.141. The zero-order valence-electron chi connectivity index (χ0n) is 15.9. The average Bonchev–Trinajstić information content (AvgIpc) is 3.14. The Morgan fingerprint density at radius 3 is 2.83 bits per heavy atom. The van der Waals surface area contributed by atoms with Crippen molar-refractivity contribution in [1.82, 2.24) is 14.5 Å². The van der Waals surface area contributed by atoms with Crippen LogP contribution in [0.3, 0.4) is 0 Å². The Kier molecular flexibility index (Phi) is 5.85. The molecule has 0 bridgehead atoms. The van der Waals surface area contributed by atoms with Gasteiger partial charge < -0.3 is 5.32 Å². The van der Waals surface area contributed by atoms with E-state index >= 15 is 0 Å². The lowest BCUT2D eigenvalue weighted by Crippen LogP contribution is -2.30. The Bertz CT molecular complexity index is 1320. The van der Waals surface area contributed by atoms with E-state index in [2.05, 4.69) is 15.3 Å². The highest BCUT2D eigenvalue weighted by Gasteiger charge is 2.13. The quantitative estimate of drug-likeness (QED) is 0.470. The molecule has 2 aromatic heterocycles. The second kappa shape index (κ2) is 8.55. The molecule has 2 heterocycles. The molecule has 0 unspecified atom stereocenters. The number of aryl methyl sites for hydroxylation is 1. The molecule has 0 radical (unpaired) electrons. The van der Waals surface area contributed by atoms with Crippen LogP contribution in [0.5, 0.6) is 0 Å². The van der Waals surface area contributed by atoms with Crippen LogP contribution in [-0.2, 0) is 17.8 Å². The Balaban J connectivity index is 1.48. The topological polar surface area (TPSA) is 76.9 Å². The first kappa shape index (κ1) is 20.5. The van der Waals surface area contributed by atoms with Gasteiger partial charge in [0.05, 0.1) is 10.9 Å². The lowest BCUT2D eigenvalue weighted by molar-refractivity contribution is -0.116. The number of para-hydroxylation sites is 1. The minimum atomic E-state index is -0.348. The molecule has 0 saturated carbocycles. The molecule has 1 N–H and O–H groups in total. The highest BCUT2D eigenvalue weighted by molar-refractivity contribution is 7.15. The van der Waals surface area contributed by atoms with Gasteiger partial charge in [-0.3, -0.25) is 14.2 Å². The van der Waals surface area contributed by atoms with E-state index < -0.39 is 0 Å². The number of thiazole rings is 1. The standard InChI is InChI=1S/C21H16Cl2N4O2S/c1-12-25-18-5-3-2-4-16(18)20(29)27(12)11-19(28)26-21-24-10-15(30-21)9-13-8-14(22)6-7-17(13)23/h2-8,10H,9,11H2,1H3,(H,24,26,28). The molecule has 4 rings (SSSR count). The maximum absolute atomic E-state index is 12.7. The fourth-order valence-corrected chi connectivity index (χ4v) is 4.31. The van der Waals surface area contributed by atoms with E-state index in [4.69, 9.17) is 23.2 Å². The maximum atomic E-state index is 12.7. The molecule has 1 amide bonds. The van der Waals surface area contributed by atoms with Crippen molar-refractivity contribution < 1.29 is 4.79 Å². The fraction of sp³-hybridized carbons (Fsp3) is 0.143. The third-order valence-electron chi connectivity index (χ3n) is 4.53. The van der Waals surface area contributed by atoms with Crippen LogP contribution < -0.4 is 10.9 Å². The number of carbonyl (C=O) groups is 1. The maximum Gasteiger partial charge on any atom is 0.261 e. The third kappa shape index (κ3) is 4.38. The molecular weight excluding hydrogens is 443 g/mol. The summed E-state index contributed by atoms with van der Waals surface area (Å²) >= 11 is 13.6. The van der Waals surface area contributed by atoms with Crippen molar-refractivity contribution in [2.75, 3.05) is 5.32 Å². The molecule has 0 atom stereocenters. The zero-order valence-corrected chi connectivity index (χ0v) is 18.2. The predicted molar refractivity (Wildman–Crippen MR) is 121 cm³/mol. The normalized spacial score (nSPS) is 11.0. The number of hydrogen-bond acceptors (Lipinski definition) is 5. The van der Waals surface area contributed by atoms with Crippen LogP contribution in [0.2, 0.25) is 10.0 Å². The second-order valence-electron chi connectivity index (χ2n) is 6.66. The van der Waals surface area contributed by atoms with Gasteiger partial charge in [-0.2, -0.15) is 0 Å². The van der Waals surface area contributed by atoms with E-state index in [1.54, 1.807) is 43.5 Å². The van der Waals surface area contributed by atoms with E-state index in [0.717, 1.165) is 10.4 Å².